The number of aromatic carboxylic acids is 1. The standard InChI is InChI=1S/C24H17BrN2O5/c25-14-10-12-15(13-11-14)26-22(28)19-20(17-8-4-5-9-18(17)24(30)31)27(32-21(19)23(26)29)16-6-2-1-3-7-16/h1-13,19-21H,(H,30,31). The zero-order valence-electron chi connectivity index (χ0n) is 16.6. The summed E-state index contributed by atoms with van der Waals surface area (Å²) in [4.78, 5) is 46.0. The van der Waals surface area contributed by atoms with Gasteiger partial charge in [-0.3, -0.25) is 14.4 Å². The smallest absolute Gasteiger partial charge is 0.336 e. The fourth-order valence-electron chi connectivity index (χ4n) is 4.32. The van der Waals surface area contributed by atoms with Gasteiger partial charge in [-0.15, -0.1) is 0 Å². The van der Waals surface area contributed by atoms with Crippen molar-refractivity contribution in [1.29, 1.82) is 0 Å². The number of imide groups is 1. The summed E-state index contributed by atoms with van der Waals surface area (Å²) in [6, 6.07) is 21.6. The summed E-state index contributed by atoms with van der Waals surface area (Å²) in [6.45, 7) is 0. The maximum atomic E-state index is 13.6. The van der Waals surface area contributed by atoms with Crippen molar-refractivity contribution < 1.29 is 24.3 Å². The summed E-state index contributed by atoms with van der Waals surface area (Å²) in [5.41, 5.74) is 1.54. The van der Waals surface area contributed by atoms with Gasteiger partial charge in [-0.05, 0) is 48.0 Å². The van der Waals surface area contributed by atoms with Gasteiger partial charge in [0, 0.05) is 4.47 Å². The molecule has 0 bridgehead atoms. The Labute approximate surface area is 191 Å². The summed E-state index contributed by atoms with van der Waals surface area (Å²) in [5, 5.41) is 11.3. The molecule has 32 heavy (non-hydrogen) atoms. The number of hydroxylamine groups is 1. The van der Waals surface area contributed by atoms with Crippen LogP contribution in [-0.4, -0.2) is 29.0 Å². The molecule has 0 radical (unpaired) electrons. The molecule has 1 N–H and O–H groups in total. The number of anilines is 2. The van der Waals surface area contributed by atoms with Crippen LogP contribution in [0.4, 0.5) is 11.4 Å². The number of halogens is 1. The molecule has 8 heteroatoms. The van der Waals surface area contributed by atoms with Crippen LogP contribution in [0.15, 0.2) is 83.3 Å². The van der Waals surface area contributed by atoms with Gasteiger partial charge >= 0.3 is 5.97 Å². The number of rotatable bonds is 4. The number of amides is 2. The van der Waals surface area contributed by atoms with Gasteiger partial charge in [-0.2, -0.15) is 0 Å². The van der Waals surface area contributed by atoms with E-state index in [1.807, 2.05) is 18.2 Å². The van der Waals surface area contributed by atoms with Gasteiger partial charge in [0.1, 0.15) is 5.92 Å². The summed E-state index contributed by atoms with van der Waals surface area (Å²) in [6.07, 6.45) is -1.06. The SMILES string of the molecule is O=C(O)c1ccccc1C1C2C(=O)N(c3ccc(Br)cc3)C(=O)C2ON1c1ccccc1. The lowest BCUT2D eigenvalue weighted by Crippen LogP contribution is -2.37. The fraction of sp³-hybridized carbons (Fsp3) is 0.125. The van der Waals surface area contributed by atoms with Crippen LogP contribution < -0.4 is 9.96 Å². The molecule has 5 rings (SSSR count). The first-order valence-electron chi connectivity index (χ1n) is 9.94. The van der Waals surface area contributed by atoms with Crippen LogP contribution in [0.5, 0.6) is 0 Å². The number of fused-ring (bicyclic) bond motifs is 1. The van der Waals surface area contributed by atoms with E-state index in [-0.39, 0.29) is 5.56 Å². The molecule has 0 saturated carbocycles. The Balaban J connectivity index is 1.63. The molecule has 3 aromatic rings. The molecule has 2 heterocycles. The Morgan fingerprint density at radius 3 is 2.19 bits per heavy atom. The monoisotopic (exact) mass is 492 g/mol. The average molecular weight is 493 g/mol. The topological polar surface area (TPSA) is 87.2 Å². The molecular weight excluding hydrogens is 476 g/mol. The molecule has 160 valence electrons. The largest absolute Gasteiger partial charge is 0.478 e. The van der Waals surface area contributed by atoms with Crippen LogP contribution >= 0.6 is 15.9 Å². The highest BCUT2D eigenvalue weighted by Crippen LogP contribution is 2.48. The minimum Gasteiger partial charge on any atom is -0.478 e. The second kappa shape index (κ2) is 7.89. The first-order chi connectivity index (χ1) is 15.5. The van der Waals surface area contributed by atoms with Crippen LogP contribution in [0.1, 0.15) is 22.0 Å². The van der Waals surface area contributed by atoms with Gasteiger partial charge in [-0.1, -0.05) is 52.3 Å². The van der Waals surface area contributed by atoms with E-state index in [0.717, 1.165) is 9.37 Å². The quantitative estimate of drug-likeness (QED) is 0.549. The molecule has 0 aliphatic carbocycles. The first kappa shape index (κ1) is 20.4. The van der Waals surface area contributed by atoms with Crippen molar-refractivity contribution in [3.8, 4) is 0 Å². The lowest BCUT2D eigenvalue weighted by Gasteiger charge is -2.29. The normalized spacial score (nSPS) is 22.3. The van der Waals surface area contributed by atoms with E-state index >= 15 is 0 Å². The highest BCUT2D eigenvalue weighted by Gasteiger charge is 2.60. The highest BCUT2D eigenvalue weighted by molar-refractivity contribution is 9.10. The van der Waals surface area contributed by atoms with E-state index in [9.17, 15) is 19.5 Å². The Bertz CT molecular complexity index is 1210. The summed E-state index contributed by atoms with van der Waals surface area (Å²) in [7, 11) is 0. The van der Waals surface area contributed by atoms with E-state index in [0.29, 0.717) is 16.9 Å². The number of nitrogens with zero attached hydrogens (tertiary/aromatic N) is 2. The van der Waals surface area contributed by atoms with Gasteiger partial charge in [-0.25, -0.2) is 14.8 Å². The number of carboxylic acid groups (broad SMARTS) is 1. The van der Waals surface area contributed by atoms with E-state index in [1.54, 1.807) is 54.6 Å². The minimum absolute atomic E-state index is 0.0602. The second-order valence-electron chi connectivity index (χ2n) is 7.54. The molecule has 3 aromatic carbocycles. The van der Waals surface area contributed by atoms with Crippen molar-refractivity contribution in [3.63, 3.8) is 0 Å². The number of hydrogen-bond donors (Lipinski definition) is 1. The van der Waals surface area contributed by atoms with Crippen LogP contribution in [0.2, 0.25) is 0 Å². The molecule has 0 aromatic heterocycles. The highest BCUT2D eigenvalue weighted by atomic mass is 79.9. The number of carbonyl (C=O) groups is 3. The molecule has 2 fully saturated rings. The number of para-hydroxylation sites is 1. The van der Waals surface area contributed by atoms with E-state index in [2.05, 4.69) is 15.9 Å². The van der Waals surface area contributed by atoms with E-state index in [4.69, 9.17) is 4.84 Å². The lowest BCUT2D eigenvalue weighted by atomic mass is 9.88. The molecule has 0 spiro atoms. The van der Waals surface area contributed by atoms with Crippen LogP contribution in [-0.2, 0) is 14.4 Å². The average Bonchev–Trinajstić information content (AvgIpc) is 3.31. The Hall–Kier alpha value is -3.49. The number of carbonyl (C=O) groups excluding carboxylic acids is 2. The summed E-state index contributed by atoms with van der Waals surface area (Å²) < 4.78 is 0.820. The maximum absolute atomic E-state index is 13.6. The third-order valence-corrected chi connectivity index (χ3v) is 6.25. The number of carboxylic acids is 1. The van der Waals surface area contributed by atoms with Crippen LogP contribution in [0, 0.1) is 5.92 Å². The molecule has 3 unspecified atom stereocenters. The molecule has 2 aliphatic heterocycles. The molecule has 2 aliphatic rings. The molecule has 2 amide bonds. The molecule has 3 atom stereocenters. The van der Waals surface area contributed by atoms with Gasteiger partial charge in [0.25, 0.3) is 5.91 Å². The minimum atomic E-state index is -1.11. The maximum Gasteiger partial charge on any atom is 0.336 e. The second-order valence-corrected chi connectivity index (χ2v) is 8.45. The Kier molecular flexibility index (Phi) is 5.03. The fourth-order valence-corrected chi connectivity index (χ4v) is 4.59. The summed E-state index contributed by atoms with van der Waals surface area (Å²) >= 11 is 3.35. The van der Waals surface area contributed by atoms with Crippen molar-refractivity contribution in [2.75, 3.05) is 9.96 Å². The molecular formula is C24H17BrN2O5. The van der Waals surface area contributed by atoms with E-state index in [1.165, 1.54) is 11.1 Å². The number of hydrogen-bond acceptors (Lipinski definition) is 5. The summed E-state index contributed by atoms with van der Waals surface area (Å²) in [5.74, 6) is -2.91. The first-order valence-corrected chi connectivity index (χ1v) is 10.7. The van der Waals surface area contributed by atoms with Gasteiger partial charge in [0.15, 0.2) is 6.10 Å². The predicted octanol–water partition coefficient (Wildman–Crippen LogP) is 4.20. The Morgan fingerprint density at radius 1 is 0.844 bits per heavy atom. The van der Waals surface area contributed by atoms with Gasteiger partial charge in [0.05, 0.1) is 23.0 Å². The molecule has 2 saturated heterocycles. The molecule has 7 nitrogen and oxygen atoms in total. The van der Waals surface area contributed by atoms with Crippen molar-refractivity contribution >= 4 is 45.1 Å². The van der Waals surface area contributed by atoms with Crippen molar-refractivity contribution in [3.05, 3.63) is 94.5 Å². The van der Waals surface area contributed by atoms with Crippen molar-refractivity contribution in [2.45, 2.75) is 12.1 Å². The number of benzene rings is 3. The Morgan fingerprint density at radius 2 is 1.50 bits per heavy atom. The zero-order chi connectivity index (χ0) is 22.4. The van der Waals surface area contributed by atoms with E-state index < -0.39 is 35.8 Å². The van der Waals surface area contributed by atoms with Crippen molar-refractivity contribution in [2.24, 2.45) is 5.92 Å². The van der Waals surface area contributed by atoms with Gasteiger partial charge < -0.3 is 5.11 Å². The third-order valence-electron chi connectivity index (χ3n) is 5.72. The van der Waals surface area contributed by atoms with Gasteiger partial charge in [0.2, 0.25) is 5.91 Å². The lowest BCUT2D eigenvalue weighted by molar-refractivity contribution is -0.126. The van der Waals surface area contributed by atoms with Crippen LogP contribution in [0.25, 0.3) is 0 Å². The third kappa shape index (κ3) is 3.19. The van der Waals surface area contributed by atoms with Crippen LogP contribution in [0.3, 0.4) is 0 Å². The zero-order valence-corrected chi connectivity index (χ0v) is 18.2. The predicted molar refractivity (Wildman–Crippen MR) is 120 cm³/mol. The van der Waals surface area contributed by atoms with Crippen molar-refractivity contribution in [1.82, 2.24) is 0 Å².